The van der Waals surface area contributed by atoms with E-state index in [2.05, 4.69) is 10.2 Å². The minimum absolute atomic E-state index is 0.170. The lowest BCUT2D eigenvalue weighted by Crippen LogP contribution is -2.16. The van der Waals surface area contributed by atoms with Gasteiger partial charge >= 0.3 is 0 Å². The second-order valence-electron chi connectivity index (χ2n) is 4.34. The molecule has 0 amide bonds. The van der Waals surface area contributed by atoms with Gasteiger partial charge in [-0.2, -0.15) is 0 Å². The van der Waals surface area contributed by atoms with Crippen molar-refractivity contribution in [3.63, 3.8) is 0 Å². The Hall–Kier alpha value is -1.62. The molecular weight excluding hydrogens is 218 g/mol. The molecule has 1 aromatic rings. The van der Waals surface area contributed by atoms with Gasteiger partial charge in [0.25, 0.3) is 5.69 Å². The first-order valence-corrected chi connectivity index (χ1v) is 5.64. The van der Waals surface area contributed by atoms with Crippen LogP contribution in [0.4, 0.5) is 11.4 Å². The van der Waals surface area contributed by atoms with E-state index in [-0.39, 0.29) is 10.6 Å². The summed E-state index contributed by atoms with van der Waals surface area (Å²) >= 11 is 0. The van der Waals surface area contributed by atoms with Crippen molar-refractivity contribution < 1.29 is 4.92 Å². The van der Waals surface area contributed by atoms with E-state index in [1.165, 1.54) is 0 Å². The molecule has 5 heteroatoms. The Morgan fingerprint density at radius 1 is 1.41 bits per heavy atom. The second-order valence-corrected chi connectivity index (χ2v) is 4.34. The lowest BCUT2D eigenvalue weighted by atomic mass is 10.2. The summed E-state index contributed by atoms with van der Waals surface area (Å²) in [6.07, 6.45) is 1.04. The van der Waals surface area contributed by atoms with E-state index in [0.717, 1.165) is 25.2 Å². The van der Waals surface area contributed by atoms with Gasteiger partial charge in [0.15, 0.2) is 0 Å². The van der Waals surface area contributed by atoms with Crippen molar-refractivity contribution in [3.8, 4) is 0 Å². The van der Waals surface area contributed by atoms with Crippen molar-refractivity contribution >= 4 is 11.4 Å². The highest BCUT2D eigenvalue weighted by molar-refractivity contribution is 5.53. The molecule has 94 valence electrons. The Bertz CT molecular complexity index is 391. The van der Waals surface area contributed by atoms with Crippen molar-refractivity contribution in [2.45, 2.75) is 13.3 Å². The van der Waals surface area contributed by atoms with Gasteiger partial charge < -0.3 is 10.2 Å². The maximum absolute atomic E-state index is 10.6. The molecule has 0 aromatic heterocycles. The van der Waals surface area contributed by atoms with Crippen molar-refractivity contribution in [2.24, 2.45) is 0 Å². The molecule has 0 radical (unpaired) electrons. The fraction of sp³-hybridized carbons (Fsp3) is 0.500. The average molecular weight is 237 g/mol. The number of nitro benzene ring substituents is 1. The zero-order chi connectivity index (χ0) is 12.8. The lowest BCUT2D eigenvalue weighted by Gasteiger charge is -2.11. The molecular formula is C12H19N3O2. The van der Waals surface area contributed by atoms with Crippen LogP contribution in [0.3, 0.4) is 0 Å². The SMILES string of the molecule is Cc1cc(NCCCN(C)C)ccc1[N+](=O)[O-]. The third kappa shape index (κ3) is 4.40. The number of rotatable bonds is 6. The molecule has 0 aliphatic heterocycles. The van der Waals surface area contributed by atoms with Crippen LogP contribution in [0.2, 0.25) is 0 Å². The van der Waals surface area contributed by atoms with Crippen LogP contribution in [0.15, 0.2) is 18.2 Å². The Morgan fingerprint density at radius 3 is 2.65 bits per heavy atom. The number of nitrogens with one attached hydrogen (secondary N) is 1. The highest BCUT2D eigenvalue weighted by atomic mass is 16.6. The fourth-order valence-corrected chi connectivity index (χ4v) is 1.60. The molecule has 1 aromatic carbocycles. The third-order valence-corrected chi connectivity index (χ3v) is 2.50. The summed E-state index contributed by atoms with van der Waals surface area (Å²) in [6.45, 7) is 3.65. The monoisotopic (exact) mass is 237 g/mol. The van der Waals surface area contributed by atoms with E-state index < -0.39 is 0 Å². The highest BCUT2D eigenvalue weighted by Gasteiger charge is 2.09. The van der Waals surface area contributed by atoms with Gasteiger partial charge in [-0.05, 0) is 46.1 Å². The van der Waals surface area contributed by atoms with Crippen LogP contribution in [-0.4, -0.2) is 37.0 Å². The fourth-order valence-electron chi connectivity index (χ4n) is 1.60. The van der Waals surface area contributed by atoms with Crippen LogP contribution < -0.4 is 5.32 Å². The molecule has 1 rings (SSSR count). The second kappa shape index (κ2) is 6.20. The van der Waals surface area contributed by atoms with Gasteiger partial charge in [0.05, 0.1) is 4.92 Å². The van der Waals surface area contributed by atoms with Crippen LogP contribution in [0.25, 0.3) is 0 Å². The topological polar surface area (TPSA) is 58.4 Å². The van der Waals surface area contributed by atoms with E-state index in [1.54, 1.807) is 19.1 Å². The maximum Gasteiger partial charge on any atom is 0.272 e. The van der Waals surface area contributed by atoms with Crippen molar-refractivity contribution in [1.82, 2.24) is 4.90 Å². The predicted octanol–water partition coefficient (Wildman–Crippen LogP) is 2.27. The molecule has 1 N–H and O–H groups in total. The molecule has 0 spiro atoms. The molecule has 0 saturated carbocycles. The van der Waals surface area contributed by atoms with E-state index in [1.807, 2.05) is 20.2 Å². The Morgan fingerprint density at radius 2 is 2.12 bits per heavy atom. The van der Waals surface area contributed by atoms with E-state index in [9.17, 15) is 10.1 Å². The van der Waals surface area contributed by atoms with Gasteiger partial charge in [-0.15, -0.1) is 0 Å². The zero-order valence-electron chi connectivity index (χ0n) is 10.6. The predicted molar refractivity (Wildman–Crippen MR) is 69.5 cm³/mol. The van der Waals surface area contributed by atoms with E-state index in [0.29, 0.717) is 5.56 Å². The molecule has 0 fully saturated rings. The molecule has 0 unspecified atom stereocenters. The number of nitrogens with zero attached hydrogens (tertiary/aromatic N) is 2. The summed E-state index contributed by atoms with van der Waals surface area (Å²) in [7, 11) is 4.08. The van der Waals surface area contributed by atoms with Crippen molar-refractivity contribution in [1.29, 1.82) is 0 Å². The molecule has 5 nitrogen and oxygen atoms in total. The number of hydrogen-bond donors (Lipinski definition) is 1. The number of anilines is 1. The summed E-state index contributed by atoms with van der Waals surface area (Å²) in [6, 6.07) is 5.11. The molecule has 0 atom stereocenters. The molecule has 0 bridgehead atoms. The van der Waals surface area contributed by atoms with Gasteiger partial charge in [-0.3, -0.25) is 10.1 Å². The summed E-state index contributed by atoms with van der Waals surface area (Å²) in [5.41, 5.74) is 1.79. The van der Waals surface area contributed by atoms with Crippen LogP contribution in [0.1, 0.15) is 12.0 Å². The Labute approximate surface area is 102 Å². The van der Waals surface area contributed by atoms with Gasteiger partial charge in [0, 0.05) is 23.9 Å². The van der Waals surface area contributed by atoms with Crippen LogP contribution >= 0.6 is 0 Å². The van der Waals surface area contributed by atoms with E-state index in [4.69, 9.17) is 0 Å². The van der Waals surface area contributed by atoms with Crippen LogP contribution in [0, 0.1) is 17.0 Å². The third-order valence-electron chi connectivity index (χ3n) is 2.50. The molecule has 0 saturated heterocycles. The molecule has 17 heavy (non-hydrogen) atoms. The number of nitro groups is 1. The van der Waals surface area contributed by atoms with Gasteiger partial charge in [-0.1, -0.05) is 0 Å². The van der Waals surface area contributed by atoms with E-state index >= 15 is 0 Å². The number of benzene rings is 1. The summed E-state index contributed by atoms with van der Waals surface area (Å²) in [5, 5.41) is 13.9. The van der Waals surface area contributed by atoms with Gasteiger partial charge in [0.1, 0.15) is 0 Å². The van der Waals surface area contributed by atoms with Gasteiger partial charge in [-0.25, -0.2) is 0 Å². The minimum atomic E-state index is -0.356. The molecule has 0 aliphatic rings. The number of hydrogen-bond acceptors (Lipinski definition) is 4. The Balaban J connectivity index is 2.50. The van der Waals surface area contributed by atoms with Crippen molar-refractivity contribution in [3.05, 3.63) is 33.9 Å². The smallest absolute Gasteiger partial charge is 0.272 e. The van der Waals surface area contributed by atoms with Crippen LogP contribution in [0.5, 0.6) is 0 Å². The maximum atomic E-state index is 10.6. The normalized spacial score (nSPS) is 10.6. The van der Waals surface area contributed by atoms with Crippen LogP contribution in [-0.2, 0) is 0 Å². The quantitative estimate of drug-likeness (QED) is 0.468. The summed E-state index contributed by atoms with van der Waals surface area (Å²) in [4.78, 5) is 12.4. The zero-order valence-corrected chi connectivity index (χ0v) is 10.6. The average Bonchev–Trinajstić information content (AvgIpc) is 2.23. The standard InChI is InChI=1S/C12H19N3O2/c1-10-9-11(5-6-12(10)15(16)17)13-7-4-8-14(2)3/h5-6,9,13H,4,7-8H2,1-3H3. The first-order chi connectivity index (χ1) is 8.00. The first kappa shape index (κ1) is 13.4. The molecule has 0 heterocycles. The van der Waals surface area contributed by atoms with Gasteiger partial charge in [0.2, 0.25) is 0 Å². The summed E-state index contributed by atoms with van der Waals surface area (Å²) < 4.78 is 0. The lowest BCUT2D eigenvalue weighted by molar-refractivity contribution is -0.385. The highest BCUT2D eigenvalue weighted by Crippen LogP contribution is 2.21. The minimum Gasteiger partial charge on any atom is -0.385 e. The molecule has 0 aliphatic carbocycles. The van der Waals surface area contributed by atoms with Crippen molar-refractivity contribution in [2.75, 3.05) is 32.5 Å². The largest absolute Gasteiger partial charge is 0.385 e. The summed E-state index contributed by atoms with van der Waals surface area (Å²) in [5.74, 6) is 0. The first-order valence-electron chi connectivity index (χ1n) is 5.64. The Kier molecular flexibility index (Phi) is 4.90. The number of aryl methyl sites for hydroxylation is 1.